The van der Waals surface area contributed by atoms with Gasteiger partial charge in [-0.3, -0.25) is 0 Å². The molecule has 101 heavy (non-hydrogen) atoms. The van der Waals surface area contributed by atoms with Crippen LogP contribution >= 0.6 is 0 Å². The van der Waals surface area contributed by atoms with Crippen LogP contribution in [0, 0.1) is 0 Å². The van der Waals surface area contributed by atoms with E-state index in [1.54, 1.807) is 0 Å². The molecule has 0 unspecified atom stereocenters. The van der Waals surface area contributed by atoms with Crippen LogP contribution in [0.2, 0.25) is 0 Å². The van der Waals surface area contributed by atoms with Crippen molar-refractivity contribution >= 4 is 129 Å². The molecule has 0 spiro atoms. The Kier molecular flexibility index (Phi) is 14.6. The van der Waals surface area contributed by atoms with E-state index in [9.17, 15) is 0 Å². The van der Waals surface area contributed by atoms with Crippen molar-refractivity contribution in [2.75, 3.05) is 19.6 Å². The average molecular weight is 1380 g/mol. The van der Waals surface area contributed by atoms with E-state index in [0.717, 1.165) is 0 Å². The summed E-state index contributed by atoms with van der Waals surface area (Å²) in [4.78, 5) is 11.1. The molecular weight excluding hydrogens is 1290 g/mol. The summed E-state index contributed by atoms with van der Waals surface area (Å²) in [5.74, 6) is 0. The van der Waals surface area contributed by atoms with Crippen LogP contribution in [0.4, 0.5) is 68.2 Å². The second-order valence-electron chi connectivity index (χ2n) is 35.5. The Balaban J connectivity index is 1.05. The van der Waals surface area contributed by atoms with E-state index < -0.39 is 0 Å². The van der Waals surface area contributed by atoms with Crippen LogP contribution in [0.3, 0.4) is 0 Å². The maximum atomic E-state index is 2.86. The first-order valence-electron chi connectivity index (χ1n) is 36.6. The number of rotatable bonds is 6. The minimum absolute atomic E-state index is 0.107. The molecule has 500 valence electrons. The Hall–Kier alpha value is -9.25. The van der Waals surface area contributed by atoms with Gasteiger partial charge in [0.25, 0.3) is 0 Å². The summed E-state index contributed by atoms with van der Waals surface area (Å²) in [5.41, 5.74) is 37.4. The van der Waals surface area contributed by atoms with Gasteiger partial charge in [0, 0.05) is 0 Å². The fourth-order valence-electron chi connectivity index (χ4n) is 16.7. The number of nitrogens with zero attached hydrogens (tertiary/aromatic N) is 4. The summed E-state index contributed by atoms with van der Waals surface area (Å²) in [7, 11) is 0. The van der Waals surface area contributed by atoms with E-state index in [-0.39, 0.29) is 60.4 Å². The Morgan fingerprint density at radius 1 is 0.228 bits per heavy atom. The molecule has 1 aromatic heterocycles. The summed E-state index contributed by atoms with van der Waals surface area (Å²) < 4.78 is 2.79. The zero-order valence-electron chi connectivity index (χ0n) is 62.3. The van der Waals surface area contributed by atoms with E-state index in [0.29, 0.717) is 0 Å². The molecule has 0 fully saturated rings. The van der Waals surface area contributed by atoms with E-state index in [4.69, 9.17) is 0 Å². The monoisotopic (exact) mass is 1380 g/mol. The fourth-order valence-corrected chi connectivity index (χ4v) is 19.4. The van der Waals surface area contributed by atoms with Crippen molar-refractivity contribution in [3.05, 3.63) is 264 Å². The molecule has 0 atom stereocenters. The molecule has 4 nitrogen and oxygen atoms in total. The third-order valence-corrected chi connectivity index (χ3v) is 25.1. The number of fused-ring (bicyclic) bond motifs is 11. The second kappa shape index (κ2) is 22.6. The zero-order chi connectivity index (χ0) is 70.5. The minimum atomic E-state index is -0.238. The standard InChI is InChI=1S/C94H92B2N4Se/c1-89(2,3)63-47-64(90(4,5)6)50-69(49-63)97-75-44-40-61(57-31-23-19-24-32-57)45-74(75)96-73-43-42-72-83-84(73)100(80-56-67(93(13,14)15)53-77(97)82(80)96)86-85(87(59-35-27-21-28-36-59)101-88(86)60-37-29-22-30-38-60)99(83)79-55-68(94(16,17)18)54-78-81(79)95(72)71-41-39-62(58-33-25-20-26-34-58)46-76(71)98(78)70-51-65(91(7,8)9)48-66(52-70)92(10,11)12/h19-56H,1-18H3. The van der Waals surface area contributed by atoms with E-state index in [1.807, 2.05) is 0 Å². The van der Waals surface area contributed by atoms with Crippen LogP contribution in [0.15, 0.2) is 231 Å². The molecule has 0 saturated carbocycles. The topological polar surface area (TPSA) is 13.0 Å². The van der Waals surface area contributed by atoms with Crippen LogP contribution in [0.5, 0.6) is 0 Å². The molecule has 0 saturated heterocycles. The van der Waals surface area contributed by atoms with Crippen molar-refractivity contribution in [2.24, 2.45) is 0 Å². The van der Waals surface area contributed by atoms with E-state index >= 15 is 0 Å². The summed E-state index contributed by atoms with van der Waals surface area (Å²) in [6, 6.07) is 90.8. The van der Waals surface area contributed by atoms with Gasteiger partial charge >= 0.3 is 588 Å². The van der Waals surface area contributed by atoms with Gasteiger partial charge in [-0.1, -0.05) is 24.3 Å². The van der Waals surface area contributed by atoms with Gasteiger partial charge in [0.05, 0.1) is 0 Å². The summed E-state index contributed by atoms with van der Waals surface area (Å²) in [6.45, 7) is 42.8. The van der Waals surface area contributed by atoms with Crippen LogP contribution in [-0.2, 0) is 32.5 Å². The van der Waals surface area contributed by atoms with Gasteiger partial charge in [-0.15, -0.1) is 0 Å². The van der Waals surface area contributed by atoms with Gasteiger partial charge in [0.2, 0.25) is 0 Å². The molecule has 5 aliphatic rings. The predicted octanol–water partition coefficient (Wildman–Crippen LogP) is 21.7. The molecule has 0 radical (unpaired) electrons. The number of anilines is 12. The van der Waals surface area contributed by atoms with Crippen molar-refractivity contribution < 1.29 is 0 Å². The normalized spacial score (nSPS) is 14.3. The Morgan fingerprint density at radius 2 is 0.535 bits per heavy atom. The van der Waals surface area contributed by atoms with Gasteiger partial charge in [-0.25, -0.2) is 0 Å². The first-order valence-corrected chi connectivity index (χ1v) is 38.3. The average Bonchev–Trinajstić information content (AvgIpc) is 1.63. The van der Waals surface area contributed by atoms with Crippen molar-refractivity contribution in [1.29, 1.82) is 0 Å². The van der Waals surface area contributed by atoms with Crippen LogP contribution in [0.1, 0.15) is 158 Å². The molecule has 0 N–H and O–H groups in total. The molecule has 0 bridgehead atoms. The Labute approximate surface area is 607 Å². The SMILES string of the molecule is CC(C)(C)c1cc(N2c3ccc(-c4ccccc4)cc3B3c4ccc5c6c4N(c4cc(C(C)(C)C)cc2c43)c2c(-c3ccccc3)[se]c(-c3ccccc3)c2N6c2cc(C(C)(C)C)cc3c2B5c2ccc(-c4ccccc4)cc2N3c2cc(C(C)(C)C)cc(C(C)(C)C)c2)cc(C(C)(C)C)c1. The molecule has 11 aromatic carbocycles. The van der Waals surface area contributed by atoms with Gasteiger partial charge in [0.1, 0.15) is 0 Å². The predicted molar refractivity (Wildman–Crippen MR) is 439 cm³/mol. The second-order valence-corrected chi connectivity index (χ2v) is 37.7. The molecule has 0 aliphatic carbocycles. The molecule has 0 amide bonds. The summed E-state index contributed by atoms with van der Waals surface area (Å²) >= 11 is -0.157. The molecule has 17 rings (SSSR count). The van der Waals surface area contributed by atoms with Gasteiger partial charge in [-0.2, -0.15) is 0 Å². The quantitative estimate of drug-likeness (QED) is 0.154. The summed E-state index contributed by atoms with van der Waals surface area (Å²) in [6.07, 6.45) is 0. The van der Waals surface area contributed by atoms with E-state index in [2.05, 4.69) is 375 Å². The molecule has 6 heterocycles. The van der Waals surface area contributed by atoms with Crippen molar-refractivity contribution in [3.8, 4) is 42.3 Å². The van der Waals surface area contributed by atoms with Crippen LogP contribution in [0.25, 0.3) is 42.3 Å². The van der Waals surface area contributed by atoms with Gasteiger partial charge in [-0.05, 0) is 0 Å². The third kappa shape index (κ3) is 10.4. The van der Waals surface area contributed by atoms with Crippen LogP contribution < -0.4 is 52.4 Å². The first-order chi connectivity index (χ1) is 47.9. The Morgan fingerprint density at radius 3 is 0.911 bits per heavy atom. The number of hydrogen-bond donors (Lipinski definition) is 0. The van der Waals surface area contributed by atoms with E-state index in [1.165, 1.54) is 177 Å². The van der Waals surface area contributed by atoms with Crippen molar-refractivity contribution in [2.45, 2.75) is 157 Å². The Bertz CT molecular complexity index is 5310. The summed E-state index contributed by atoms with van der Waals surface area (Å²) in [5, 5.41) is 0. The first kappa shape index (κ1) is 65.1. The number of benzene rings is 11. The maximum absolute atomic E-state index is 2.86. The molecule has 7 heteroatoms. The van der Waals surface area contributed by atoms with Gasteiger partial charge < -0.3 is 0 Å². The molecule has 12 aromatic rings. The molecular formula is C94H92B2N4Se. The van der Waals surface area contributed by atoms with Crippen molar-refractivity contribution in [3.63, 3.8) is 0 Å². The zero-order valence-corrected chi connectivity index (χ0v) is 64.0. The molecule has 5 aliphatic heterocycles. The fraction of sp³-hybridized carbons (Fsp3) is 0.255. The third-order valence-electron chi connectivity index (χ3n) is 22.4. The number of hydrogen-bond acceptors (Lipinski definition) is 4. The van der Waals surface area contributed by atoms with Gasteiger partial charge in [0.15, 0.2) is 0 Å². The van der Waals surface area contributed by atoms with Crippen LogP contribution in [-0.4, -0.2) is 27.9 Å². The van der Waals surface area contributed by atoms with Crippen molar-refractivity contribution in [1.82, 2.24) is 0 Å².